The minimum atomic E-state index is -0.495. The number of aryl methyl sites for hydroxylation is 2. The summed E-state index contributed by atoms with van der Waals surface area (Å²) >= 11 is 0. The lowest BCUT2D eigenvalue weighted by atomic mass is 10.1. The molecule has 0 aliphatic rings. The van der Waals surface area contributed by atoms with Crippen LogP contribution in [0.2, 0.25) is 0 Å². The van der Waals surface area contributed by atoms with Crippen molar-refractivity contribution in [1.82, 2.24) is 10.9 Å². The van der Waals surface area contributed by atoms with Crippen LogP contribution in [0.1, 0.15) is 24.5 Å². The fraction of sp³-hybridized carbons (Fsp3) is 0.333. The van der Waals surface area contributed by atoms with E-state index in [0.29, 0.717) is 23.9 Å². The zero-order chi connectivity index (χ0) is 20.4. The van der Waals surface area contributed by atoms with E-state index in [1.165, 1.54) is 0 Å². The molecule has 2 amide bonds. The molecule has 2 aromatic rings. The van der Waals surface area contributed by atoms with Crippen LogP contribution in [0.25, 0.3) is 0 Å². The number of amides is 2. The van der Waals surface area contributed by atoms with Gasteiger partial charge in [-0.25, -0.2) is 0 Å². The zero-order valence-corrected chi connectivity index (χ0v) is 16.4. The van der Waals surface area contributed by atoms with E-state index in [4.69, 9.17) is 14.2 Å². The minimum absolute atomic E-state index is 0.211. The van der Waals surface area contributed by atoms with Gasteiger partial charge in [-0.1, -0.05) is 25.1 Å². The summed E-state index contributed by atoms with van der Waals surface area (Å²) in [7, 11) is 0. The lowest BCUT2D eigenvalue weighted by molar-refractivity contribution is -0.131. The number of benzene rings is 2. The fourth-order valence-corrected chi connectivity index (χ4v) is 2.42. The van der Waals surface area contributed by atoms with Crippen molar-refractivity contribution in [3.8, 4) is 17.2 Å². The number of rotatable bonds is 9. The second-order valence-corrected chi connectivity index (χ2v) is 6.29. The van der Waals surface area contributed by atoms with Crippen molar-refractivity contribution in [2.24, 2.45) is 0 Å². The summed E-state index contributed by atoms with van der Waals surface area (Å²) in [6.07, 6.45) is 0.866. The monoisotopic (exact) mass is 386 g/mol. The number of hydrazine groups is 1. The number of ether oxygens (including phenoxy) is 3. The molecule has 2 rings (SSSR count). The Hall–Kier alpha value is -3.22. The van der Waals surface area contributed by atoms with Crippen molar-refractivity contribution in [3.05, 3.63) is 53.6 Å². The number of hydrogen-bond donors (Lipinski definition) is 2. The van der Waals surface area contributed by atoms with E-state index in [1.807, 2.05) is 45.0 Å². The Morgan fingerprint density at radius 1 is 0.821 bits per heavy atom. The van der Waals surface area contributed by atoms with Crippen molar-refractivity contribution in [2.75, 3.05) is 19.8 Å². The van der Waals surface area contributed by atoms with Gasteiger partial charge in [-0.3, -0.25) is 20.4 Å². The fourth-order valence-electron chi connectivity index (χ4n) is 2.42. The Morgan fingerprint density at radius 3 is 1.93 bits per heavy atom. The second-order valence-electron chi connectivity index (χ2n) is 6.29. The highest BCUT2D eigenvalue weighted by Gasteiger charge is 2.09. The van der Waals surface area contributed by atoms with Crippen LogP contribution in [-0.2, 0) is 9.59 Å². The number of carbonyl (C=O) groups excluding carboxylic acids is 2. The summed E-state index contributed by atoms with van der Waals surface area (Å²) in [4.78, 5) is 23.7. The molecule has 0 unspecified atom stereocenters. The van der Waals surface area contributed by atoms with Crippen LogP contribution >= 0.6 is 0 Å². The standard InChI is InChI=1S/C21H26N2O5/c1-4-9-26-18-7-5-6-8-19(18)28-14-21(25)23-22-20(24)13-27-17-11-15(2)10-16(3)12-17/h5-8,10-12H,4,9,13-14H2,1-3H3,(H,22,24)(H,23,25). The maximum absolute atomic E-state index is 11.9. The second kappa shape index (κ2) is 10.8. The van der Waals surface area contributed by atoms with E-state index in [1.54, 1.807) is 18.2 Å². The van der Waals surface area contributed by atoms with Gasteiger partial charge in [-0.05, 0) is 55.7 Å². The van der Waals surface area contributed by atoms with Gasteiger partial charge in [-0.2, -0.15) is 0 Å². The van der Waals surface area contributed by atoms with E-state index < -0.39 is 11.8 Å². The predicted molar refractivity (Wildman–Crippen MR) is 105 cm³/mol. The van der Waals surface area contributed by atoms with Crippen LogP contribution in [0, 0.1) is 13.8 Å². The van der Waals surface area contributed by atoms with Gasteiger partial charge in [0, 0.05) is 0 Å². The van der Waals surface area contributed by atoms with Crippen molar-refractivity contribution in [1.29, 1.82) is 0 Å². The molecule has 0 radical (unpaired) electrons. The highest BCUT2D eigenvalue weighted by atomic mass is 16.5. The van der Waals surface area contributed by atoms with Crippen LogP contribution in [0.15, 0.2) is 42.5 Å². The largest absolute Gasteiger partial charge is 0.490 e. The maximum atomic E-state index is 11.9. The summed E-state index contributed by atoms with van der Waals surface area (Å²) in [5.74, 6) is 0.675. The van der Waals surface area contributed by atoms with E-state index >= 15 is 0 Å². The van der Waals surface area contributed by atoms with Gasteiger partial charge in [0.05, 0.1) is 6.61 Å². The molecule has 0 spiro atoms. The predicted octanol–water partition coefficient (Wildman–Crippen LogP) is 2.70. The number of hydrogen-bond acceptors (Lipinski definition) is 5. The van der Waals surface area contributed by atoms with Crippen LogP contribution in [0.3, 0.4) is 0 Å². The summed E-state index contributed by atoms with van der Waals surface area (Å²) < 4.78 is 16.5. The first-order valence-corrected chi connectivity index (χ1v) is 9.11. The minimum Gasteiger partial charge on any atom is -0.490 e. The van der Waals surface area contributed by atoms with Crippen LogP contribution in [0.4, 0.5) is 0 Å². The van der Waals surface area contributed by atoms with Crippen molar-refractivity contribution in [2.45, 2.75) is 27.2 Å². The molecule has 150 valence electrons. The molecule has 7 heteroatoms. The first kappa shape index (κ1) is 21.1. The number of nitrogens with one attached hydrogen (secondary N) is 2. The first-order valence-electron chi connectivity index (χ1n) is 9.11. The molecule has 0 aliphatic heterocycles. The van der Waals surface area contributed by atoms with Crippen molar-refractivity contribution >= 4 is 11.8 Å². The van der Waals surface area contributed by atoms with E-state index in [9.17, 15) is 9.59 Å². The Bertz CT molecular complexity index is 787. The van der Waals surface area contributed by atoms with Crippen LogP contribution in [0.5, 0.6) is 17.2 Å². The molecule has 0 heterocycles. The van der Waals surface area contributed by atoms with Gasteiger partial charge < -0.3 is 14.2 Å². The first-order chi connectivity index (χ1) is 13.5. The van der Waals surface area contributed by atoms with E-state index in [-0.39, 0.29) is 13.2 Å². The highest BCUT2D eigenvalue weighted by molar-refractivity contribution is 5.83. The molecular formula is C21H26N2O5. The molecule has 28 heavy (non-hydrogen) atoms. The number of carbonyl (C=O) groups is 2. The lowest BCUT2D eigenvalue weighted by Gasteiger charge is -2.13. The van der Waals surface area contributed by atoms with Crippen LogP contribution < -0.4 is 25.1 Å². The van der Waals surface area contributed by atoms with Gasteiger partial charge in [-0.15, -0.1) is 0 Å². The highest BCUT2D eigenvalue weighted by Crippen LogP contribution is 2.26. The summed E-state index contributed by atoms with van der Waals surface area (Å²) in [6, 6.07) is 12.8. The normalized spacial score (nSPS) is 10.1. The third-order valence-electron chi connectivity index (χ3n) is 3.58. The summed E-state index contributed by atoms with van der Waals surface area (Å²) in [5.41, 5.74) is 6.67. The third kappa shape index (κ3) is 7.19. The average molecular weight is 386 g/mol. The van der Waals surface area contributed by atoms with E-state index in [2.05, 4.69) is 10.9 Å². The Kier molecular flexibility index (Phi) is 8.14. The molecule has 7 nitrogen and oxygen atoms in total. The number of para-hydroxylation sites is 2. The van der Waals surface area contributed by atoms with Gasteiger partial charge >= 0.3 is 0 Å². The van der Waals surface area contributed by atoms with Gasteiger partial charge in [0.25, 0.3) is 11.8 Å². The molecule has 0 aliphatic carbocycles. The summed E-state index contributed by atoms with van der Waals surface area (Å²) in [6.45, 7) is 5.99. The van der Waals surface area contributed by atoms with Crippen molar-refractivity contribution in [3.63, 3.8) is 0 Å². The Morgan fingerprint density at radius 2 is 1.36 bits per heavy atom. The maximum Gasteiger partial charge on any atom is 0.276 e. The molecule has 0 fully saturated rings. The molecule has 2 N–H and O–H groups in total. The smallest absolute Gasteiger partial charge is 0.276 e. The molecule has 0 saturated carbocycles. The zero-order valence-electron chi connectivity index (χ0n) is 16.4. The van der Waals surface area contributed by atoms with E-state index in [0.717, 1.165) is 17.5 Å². The average Bonchev–Trinajstić information content (AvgIpc) is 2.67. The van der Waals surface area contributed by atoms with Gasteiger partial charge in [0.2, 0.25) is 0 Å². The van der Waals surface area contributed by atoms with Crippen LogP contribution in [-0.4, -0.2) is 31.6 Å². The quantitative estimate of drug-likeness (QED) is 0.647. The third-order valence-corrected chi connectivity index (χ3v) is 3.58. The lowest BCUT2D eigenvalue weighted by Crippen LogP contribution is -2.45. The molecule has 0 saturated heterocycles. The van der Waals surface area contributed by atoms with Gasteiger partial charge in [0.15, 0.2) is 24.7 Å². The molecule has 0 bridgehead atoms. The molecular weight excluding hydrogens is 360 g/mol. The Balaban J connectivity index is 1.73. The molecule has 0 atom stereocenters. The van der Waals surface area contributed by atoms with Gasteiger partial charge in [0.1, 0.15) is 5.75 Å². The SMILES string of the molecule is CCCOc1ccccc1OCC(=O)NNC(=O)COc1cc(C)cc(C)c1. The summed E-state index contributed by atoms with van der Waals surface area (Å²) in [5, 5.41) is 0. The topological polar surface area (TPSA) is 85.9 Å². The van der Waals surface area contributed by atoms with Crippen molar-refractivity contribution < 1.29 is 23.8 Å². The molecule has 2 aromatic carbocycles. The molecule has 0 aromatic heterocycles. The Labute approximate surface area is 165 Å².